The molecule has 4 rings (SSSR count). The van der Waals surface area contributed by atoms with Crippen molar-refractivity contribution in [1.29, 1.82) is 0 Å². The smallest absolute Gasteiger partial charge is 0.0648 e. The van der Waals surface area contributed by atoms with E-state index >= 15 is 0 Å². The highest BCUT2D eigenvalue weighted by atomic mass is 127. The normalized spacial score (nSPS) is 53.3. The summed E-state index contributed by atoms with van der Waals surface area (Å²) in [5.74, 6) is 5.58. The molecular formula is C25H43IO. The molecule has 9 atom stereocenters. The van der Waals surface area contributed by atoms with Crippen molar-refractivity contribution in [3.63, 3.8) is 0 Å². The standard InChI is InChI=1S/C25H43IO/c1-5-24(27)14-13-23(4)18(15-24)7-8-19-21(23)11-12-25(6-2)20(17(3)16-26)9-10-22(19)25/h17-22,27H,5-16H2,1-4H3/t17-,18+,19-,20-,21+,22+,23+,24+,25-/m1/s1. The van der Waals surface area contributed by atoms with Crippen LogP contribution in [-0.2, 0) is 0 Å². The van der Waals surface area contributed by atoms with Crippen molar-refractivity contribution in [2.24, 2.45) is 46.3 Å². The number of rotatable bonds is 4. The quantitative estimate of drug-likeness (QED) is 0.328. The third-order valence-electron chi connectivity index (χ3n) is 10.9. The summed E-state index contributed by atoms with van der Waals surface area (Å²) in [6.07, 6.45) is 14.6. The van der Waals surface area contributed by atoms with E-state index in [2.05, 4.69) is 50.3 Å². The van der Waals surface area contributed by atoms with Gasteiger partial charge in [-0.05, 0) is 117 Å². The Kier molecular flexibility index (Phi) is 5.76. The van der Waals surface area contributed by atoms with E-state index in [0.717, 1.165) is 54.8 Å². The molecule has 4 fully saturated rings. The number of fused-ring (bicyclic) bond motifs is 5. The number of alkyl halides is 1. The molecule has 2 heteroatoms. The van der Waals surface area contributed by atoms with Crippen molar-refractivity contribution in [1.82, 2.24) is 0 Å². The first-order chi connectivity index (χ1) is 12.8. The predicted molar refractivity (Wildman–Crippen MR) is 123 cm³/mol. The molecule has 0 aromatic heterocycles. The topological polar surface area (TPSA) is 20.2 Å². The number of halogens is 1. The van der Waals surface area contributed by atoms with Crippen LogP contribution >= 0.6 is 22.6 Å². The van der Waals surface area contributed by atoms with E-state index in [1.54, 1.807) is 0 Å². The first kappa shape index (κ1) is 20.9. The lowest BCUT2D eigenvalue weighted by atomic mass is 9.43. The van der Waals surface area contributed by atoms with Crippen LogP contribution in [0.3, 0.4) is 0 Å². The fourth-order valence-corrected chi connectivity index (χ4v) is 9.77. The van der Waals surface area contributed by atoms with E-state index < -0.39 is 0 Å². The zero-order chi connectivity index (χ0) is 19.4. The lowest BCUT2D eigenvalue weighted by Gasteiger charge is -2.62. The Morgan fingerprint density at radius 2 is 1.74 bits per heavy atom. The molecule has 0 spiro atoms. The third-order valence-corrected chi connectivity index (χ3v) is 12.2. The summed E-state index contributed by atoms with van der Waals surface area (Å²) in [5, 5.41) is 11.0. The predicted octanol–water partition coefficient (Wildman–Crippen LogP) is 7.25. The molecule has 4 saturated carbocycles. The summed E-state index contributed by atoms with van der Waals surface area (Å²) in [6, 6.07) is 0. The summed E-state index contributed by atoms with van der Waals surface area (Å²) in [5.41, 5.74) is 0.817. The van der Waals surface area contributed by atoms with Crippen molar-refractivity contribution < 1.29 is 5.11 Å². The van der Waals surface area contributed by atoms with Crippen molar-refractivity contribution in [3.8, 4) is 0 Å². The van der Waals surface area contributed by atoms with Crippen molar-refractivity contribution in [2.75, 3.05) is 4.43 Å². The Balaban J connectivity index is 1.59. The molecule has 0 aromatic carbocycles. The Labute approximate surface area is 182 Å². The van der Waals surface area contributed by atoms with Crippen LogP contribution in [-0.4, -0.2) is 15.1 Å². The molecule has 4 aliphatic rings. The maximum atomic E-state index is 11.0. The van der Waals surface area contributed by atoms with Crippen LogP contribution in [0.5, 0.6) is 0 Å². The van der Waals surface area contributed by atoms with Gasteiger partial charge < -0.3 is 5.11 Å². The lowest BCUT2D eigenvalue weighted by Crippen LogP contribution is -2.56. The molecule has 1 N–H and O–H groups in total. The van der Waals surface area contributed by atoms with Gasteiger partial charge in [-0.1, -0.05) is 50.3 Å². The van der Waals surface area contributed by atoms with Crippen LogP contribution in [0.4, 0.5) is 0 Å². The highest BCUT2D eigenvalue weighted by Gasteiger charge is 2.62. The van der Waals surface area contributed by atoms with Gasteiger partial charge in [0.1, 0.15) is 0 Å². The molecule has 0 bridgehead atoms. The Bertz CT molecular complexity index is 548. The molecule has 27 heavy (non-hydrogen) atoms. The second-order valence-corrected chi connectivity index (χ2v) is 12.3. The third kappa shape index (κ3) is 3.08. The van der Waals surface area contributed by atoms with Gasteiger partial charge in [0.2, 0.25) is 0 Å². The van der Waals surface area contributed by atoms with Gasteiger partial charge in [-0.3, -0.25) is 0 Å². The minimum absolute atomic E-state index is 0.354. The second kappa shape index (κ2) is 7.43. The van der Waals surface area contributed by atoms with Gasteiger partial charge in [0.05, 0.1) is 5.60 Å². The van der Waals surface area contributed by atoms with Gasteiger partial charge in [0.25, 0.3) is 0 Å². The van der Waals surface area contributed by atoms with Crippen LogP contribution in [0.25, 0.3) is 0 Å². The first-order valence-corrected chi connectivity index (χ1v) is 13.6. The molecule has 0 amide bonds. The summed E-state index contributed by atoms with van der Waals surface area (Å²) < 4.78 is 1.33. The van der Waals surface area contributed by atoms with Gasteiger partial charge in [0, 0.05) is 4.43 Å². The van der Waals surface area contributed by atoms with E-state index in [4.69, 9.17) is 0 Å². The van der Waals surface area contributed by atoms with Gasteiger partial charge in [-0.2, -0.15) is 0 Å². The maximum Gasteiger partial charge on any atom is 0.0648 e. The molecule has 0 aromatic rings. The highest BCUT2D eigenvalue weighted by molar-refractivity contribution is 14.1. The minimum Gasteiger partial charge on any atom is -0.390 e. The molecule has 0 unspecified atom stereocenters. The zero-order valence-corrected chi connectivity index (χ0v) is 20.4. The molecule has 4 aliphatic carbocycles. The van der Waals surface area contributed by atoms with Gasteiger partial charge >= 0.3 is 0 Å². The molecule has 0 radical (unpaired) electrons. The second-order valence-electron chi connectivity index (χ2n) is 11.4. The van der Waals surface area contributed by atoms with Gasteiger partial charge in [-0.15, -0.1) is 0 Å². The molecule has 0 aliphatic heterocycles. The van der Waals surface area contributed by atoms with Crippen molar-refractivity contribution in [2.45, 2.75) is 104 Å². The average molecular weight is 487 g/mol. The number of hydrogen-bond acceptors (Lipinski definition) is 1. The monoisotopic (exact) mass is 486 g/mol. The Morgan fingerprint density at radius 3 is 2.41 bits per heavy atom. The average Bonchev–Trinajstić information content (AvgIpc) is 3.08. The molecule has 1 nitrogen and oxygen atoms in total. The molecule has 0 heterocycles. The maximum absolute atomic E-state index is 11.0. The van der Waals surface area contributed by atoms with Crippen LogP contribution in [0.2, 0.25) is 0 Å². The van der Waals surface area contributed by atoms with Gasteiger partial charge in [0.15, 0.2) is 0 Å². The summed E-state index contributed by atoms with van der Waals surface area (Å²) >= 11 is 2.64. The van der Waals surface area contributed by atoms with Crippen molar-refractivity contribution in [3.05, 3.63) is 0 Å². The first-order valence-electron chi connectivity index (χ1n) is 12.1. The Hall–Kier alpha value is 0.690. The van der Waals surface area contributed by atoms with E-state index in [1.807, 2.05) is 0 Å². The number of hydrogen-bond donors (Lipinski definition) is 1. The van der Waals surface area contributed by atoms with Crippen LogP contribution in [0.1, 0.15) is 98.3 Å². The summed E-state index contributed by atoms with van der Waals surface area (Å²) in [4.78, 5) is 0. The SMILES string of the molecule is CC[C@]1(O)CC[C@@]2(C)[C@@H](CC[C@@H]3[C@@H]2CC[C@]2(CC)[C@@H]([C@H](C)CI)CC[C@@H]32)C1. The van der Waals surface area contributed by atoms with Crippen molar-refractivity contribution >= 4 is 22.6 Å². The highest BCUT2D eigenvalue weighted by Crippen LogP contribution is 2.69. The van der Waals surface area contributed by atoms with Crippen LogP contribution in [0, 0.1) is 46.3 Å². The fourth-order valence-electron chi connectivity index (χ4n) is 9.15. The molecule has 156 valence electrons. The number of aliphatic hydroxyl groups is 1. The van der Waals surface area contributed by atoms with E-state index in [9.17, 15) is 5.11 Å². The largest absolute Gasteiger partial charge is 0.390 e. The zero-order valence-electron chi connectivity index (χ0n) is 18.3. The lowest BCUT2D eigenvalue weighted by molar-refractivity contribution is -0.155. The molecule has 0 saturated heterocycles. The van der Waals surface area contributed by atoms with E-state index in [0.29, 0.717) is 10.8 Å². The van der Waals surface area contributed by atoms with Crippen LogP contribution < -0.4 is 0 Å². The summed E-state index contributed by atoms with van der Waals surface area (Å²) in [6.45, 7) is 9.88. The Morgan fingerprint density at radius 1 is 0.963 bits per heavy atom. The van der Waals surface area contributed by atoms with Crippen LogP contribution in [0.15, 0.2) is 0 Å². The van der Waals surface area contributed by atoms with E-state index in [1.165, 1.54) is 55.8 Å². The van der Waals surface area contributed by atoms with Gasteiger partial charge in [-0.25, -0.2) is 0 Å². The minimum atomic E-state index is -0.354. The van der Waals surface area contributed by atoms with E-state index in [-0.39, 0.29) is 5.60 Å². The summed E-state index contributed by atoms with van der Waals surface area (Å²) in [7, 11) is 0. The molecular weight excluding hydrogens is 443 g/mol. The fraction of sp³-hybridized carbons (Fsp3) is 1.00.